The van der Waals surface area contributed by atoms with Crippen molar-refractivity contribution in [3.8, 4) is 5.75 Å². The van der Waals surface area contributed by atoms with Crippen molar-refractivity contribution in [3.63, 3.8) is 0 Å². The largest absolute Gasteiger partial charge is 0.493 e. The van der Waals surface area contributed by atoms with Crippen LogP contribution in [0.1, 0.15) is 75.2 Å². The van der Waals surface area contributed by atoms with E-state index in [9.17, 15) is 9.59 Å². The van der Waals surface area contributed by atoms with Crippen LogP contribution in [0.15, 0.2) is 48.5 Å². The van der Waals surface area contributed by atoms with Gasteiger partial charge in [-0.1, -0.05) is 44.5 Å². The number of piperidine rings is 2. The molecule has 0 spiro atoms. The summed E-state index contributed by atoms with van der Waals surface area (Å²) in [6.07, 6.45) is 5.42. The van der Waals surface area contributed by atoms with E-state index >= 15 is 0 Å². The summed E-state index contributed by atoms with van der Waals surface area (Å²) in [5, 5.41) is 0.657. The molecule has 4 rings (SSSR count). The van der Waals surface area contributed by atoms with Gasteiger partial charge < -0.3 is 14.5 Å². The van der Waals surface area contributed by atoms with Gasteiger partial charge >= 0.3 is 0 Å². The molecule has 0 aliphatic carbocycles. The quantitative estimate of drug-likeness (QED) is 0.455. The van der Waals surface area contributed by atoms with Crippen molar-refractivity contribution < 1.29 is 14.3 Å². The van der Waals surface area contributed by atoms with Crippen LogP contribution in [0.4, 0.5) is 0 Å². The second-order valence-electron chi connectivity index (χ2n) is 11.5. The molecular formula is C30H39ClN2O3. The van der Waals surface area contributed by atoms with Crippen LogP contribution in [-0.4, -0.2) is 54.4 Å². The third kappa shape index (κ3) is 6.61. The van der Waals surface area contributed by atoms with Crippen LogP contribution in [-0.2, 0) is 10.2 Å². The number of benzene rings is 2. The van der Waals surface area contributed by atoms with E-state index in [2.05, 4.69) is 20.8 Å². The molecule has 2 amide bonds. The van der Waals surface area contributed by atoms with Crippen molar-refractivity contribution in [2.75, 3.05) is 32.8 Å². The molecule has 2 aromatic rings. The number of ether oxygens (including phenoxy) is 1. The molecule has 194 valence electrons. The van der Waals surface area contributed by atoms with Gasteiger partial charge in [-0.3, -0.25) is 9.59 Å². The average Bonchev–Trinajstić information content (AvgIpc) is 2.88. The highest BCUT2D eigenvalue weighted by Crippen LogP contribution is 2.36. The Hall–Kier alpha value is -2.53. The van der Waals surface area contributed by atoms with E-state index in [1.54, 1.807) is 12.1 Å². The molecule has 2 aliphatic rings. The van der Waals surface area contributed by atoms with E-state index < -0.39 is 5.41 Å². The van der Waals surface area contributed by atoms with Gasteiger partial charge in [0.25, 0.3) is 5.91 Å². The van der Waals surface area contributed by atoms with Crippen molar-refractivity contribution in [1.82, 2.24) is 9.80 Å². The number of carbonyl (C=O) groups excluding carboxylic acids is 2. The average molecular weight is 511 g/mol. The Labute approximate surface area is 220 Å². The summed E-state index contributed by atoms with van der Waals surface area (Å²) in [7, 11) is 0. The van der Waals surface area contributed by atoms with Crippen LogP contribution in [0.2, 0.25) is 5.02 Å². The van der Waals surface area contributed by atoms with Crippen LogP contribution in [0.5, 0.6) is 5.75 Å². The lowest BCUT2D eigenvalue weighted by molar-refractivity contribution is -0.136. The molecule has 2 aliphatic heterocycles. The van der Waals surface area contributed by atoms with E-state index in [0.717, 1.165) is 44.5 Å². The molecule has 0 radical (unpaired) electrons. The van der Waals surface area contributed by atoms with Gasteiger partial charge in [0.1, 0.15) is 5.75 Å². The predicted molar refractivity (Wildman–Crippen MR) is 145 cm³/mol. The minimum Gasteiger partial charge on any atom is -0.493 e. The lowest BCUT2D eigenvalue weighted by Crippen LogP contribution is -2.51. The summed E-state index contributed by atoms with van der Waals surface area (Å²) in [6.45, 7) is 9.77. The summed E-state index contributed by atoms with van der Waals surface area (Å²) in [5.41, 5.74) is 1.51. The number of nitrogens with zero attached hydrogens (tertiary/aromatic N) is 2. The molecule has 0 N–H and O–H groups in total. The number of amides is 2. The second kappa shape index (κ2) is 11.2. The normalized spacial score (nSPS) is 20.8. The number of rotatable bonds is 6. The Morgan fingerprint density at radius 1 is 0.889 bits per heavy atom. The minimum atomic E-state index is -0.423. The van der Waals surface area contributed by atoms with E-state index in [0.29, 0.717) is 36.7 Å². The summed E-state index contributed by atoms with van der Waals surface area (Å²) in [5.74, 6) is 0.931. The van der Waals surface area contributed by atoms with Gasteiger partial charge in [0, 0.05) is 48.6 Å². The molecular weight excluding hydrogens is 472 g/mol. The maximum Gasteiger partial charge on any atom is 0.253 e. The molecule has 1 atom stereocenters. The Morgan fingerprint density at radius 3 is 2.17 bits per heavy atom. The summed E-state index contributed by atoms with van der Waals surface area (Å²) < 4.78 is 6.21. The lowest BCUT2D eigenvalue weighted by atomic mass is 9.77. The topological polar surface area (TPSA) is 49.9 Å². The summed E-state index contributed by atoms with van der Waals surface area (Å²) >= 11 is 6.04. The van der Waals surface area contributed by atoms with Crippen molar-refractivity contribution in [2.45, 2.75) is 64.7 Å². The van der Waals surface area contributed by atoms with E-state index in [1.807, 2.05) is 46.2 Å². The monoisotopic (exact) mass is 510 g/mol. The Kier molecular flexibility index (Phi) is 8.29. The van der Waals surface area contributed by atoms with Crippen molar-refractivity contribution >= 4 is 23.4 Å². The first-order valence-corrected chi connectivity index (χ1v) is 13.6. The Morgan fingerprint density at radius 2 is 1.53 bits per heavy atom. The van der Waals surface area contributed by atoms with E-state index in [4.69, 9.17) is 16.3 Å². The third-order valence-electron chi connectivity index (χ3n) is 7.54. The summed E-state index contributed by atoms with van der Waals surface area (Å²) in [6, 6.07) is 15.3. The highest BCUT2D eigenvalue weighted by Gasteiger charge is 2.41. The van der Waals surface area contributed by atoms with Crippen LogP contribution >= 0.6 is 11.6 Å². The second-order valence-corrected chi connectivity index (χ2v) is 12.0. The zero-order valence-electron chi connectivity index (χ0n) is 21.9. The zero-order valence-corrected chi connectivity index (χ0v) is 22.7. The molecule has 2 fully saturated rings. The lowest BCUT2D eigenvalue weighted by Gasteiger charge is -2.43. The van der Waals surface area contributed by atoms with Crippen molar-refractivity contribution in [1.29, 1.82) is 0 Å². The highest BCUT2D eigenvalue weighted by molar-refractivity contribution is 6.30. The molecule has 0 bridgehead atoms. The maximum absolute atomic E-state index is 13.5. The number of likely N-dealkylation sites (tertiary alicyclic amines) is 2. The fraction of sp³-hybridized carbons (Fsp3) is 0.533. The molecule has 2 aromatic carbocycles. The smallest absolute Gasteiger partial charge is 0.253 e. The van der Waals surface area contributed by atoms with Gasteiger partial charge in [0.15, 0.2) is 0 Å². The molecule has 6 heteroatoms. The first-order chi connectivity index (χ1) is 17.2. The van der Waals surface area contributed by atoms with Crippen LogP contribution in [0.3, 0.4) is 0 Å². The number of halogens is 1. The molecule has 2 heterocycles. The van der Waals surface area contributed by atoms with Crippen LogP contribution < -0.4 is 4.74 Å². The SMILES string of the molecule is CC(C)(C)c1ccc(C(=O)N2CCCC(COc3ccc(Cl)cc3)(CC(=O)N3CCCCC3)C2)cc1. The van der Waals surface area contributed by atoms with E-state index in [1.165, 1.54) is 12.0 Å². The molecule has 1 unspecified atom stereocenters. The van der Waals surface area contributed by atoms with Gasteiger partial charge in [-0.2, -0.15) is 0 Å². The highest BCUT2D eigenvalue weighted by atomic mass is 35.5. The molecule has 2 saturated heterocycles. The predicted octanol–water partition coefficient (Wildman–Crippen LogP) is 6.34. The minimum absolute atomic E-state index is 0.0245. The number of hydrogen-bond donors (Lipinski definition) is 0. The number of hydrogen-bond acceptors (Lipinski definition) is 3. The fourth-order valence-corrected chi connectivity index (χ4v) is 5.46. The Balaban J connectivity index is 1.52. The van der Waals surface area contributed by atoms with Gasteiger partial charge in [-0.25, -0.2) is 0 Å². The van der Waals surface area contributed by atoms with E-state index in [-0.39, 0.29) is 17.2 Å². The summed E-state index contributed by atoms with van der Waals surface area (Å²) in [4.78, 5) is 30.8. The zero-order chi connectivity index (χ0) is 25.8. The Bertz CT molecular complexity index is 1040. The standard InChI is InChI=1S/C30H39ClN2O3/c1-29(2,3)24-10-8-23(9-11-24)28(35)33-19-7-16-30(21-33,20-27(34)32-17-5-4-6-18-32)22-36-26-14-12-25(31)13-15-26/h8-15H,4-7,16-22H2,1-3H3. The number of carbonyl (C=O) groups is 2. The van der Waals surface area contributed by atoms with Crippen LogP contribution in [0.25, 0.3) is 0 Å². The third-order valence-corrected chi connectivity index (χ3v) is 7.79. The van der Waals surface area contributed by atoms with Crippen molar-refractivity contribution in [2.24, 2.45) is 5.41 Å². The van der Waals surface area contributed by atoms with Crippen molar-refractivity contribution in [3.05, 3.63) is 64.7 Å². The first kappa shape index (κ1) is 26.5. The first-order valence-electron chi connectivity index (χ1n) is 13.2. The molecule has 36 heavy (non-hydrogen) atoms. The van der Waals surface area contributed by atoms with Gasteiger partial charge in [0.05, 0.1) is 6.61 Å². The van der Waals surface area contributed by atoms with Crippen LogP contribution in [0, 0.1) is 5.41 Å². The van der Waals surface area contributed by atoms with Gasteiger partial charge in [-0.15, -0.1) is 0 Å². The molecule has 5 nitrogen and oxygen atoms in total. The molecule has 0 aromatic heterocycles. The van der Waals surface area contributed by atoms with Gasteiger partial charge in [0.2, 0.25) is 5.91 Å². The molecule has 0 saturated carbocycles. The fourth-order valence-electron chi connectivity index (χ4n) is 5.33. The van der Waals surface area contributed by atoms with Gasteiger partial charge in [-0.05, 0) is 79.5 Å². The maximum atomic E-state index is 13.5.